The number of allylic oxidation sites excluding steroid dienone is 5. The summed E-state index contributed by atoms with van der Waals surface area (Å²) in [6.45, 7) is 0. The van der Waals surface area contributed by atoms with Crippen LogP contribution in [0, 0.1) is 5.92 Å². The van der Waals surface area contributed by atoms with E-state index in [1.807, 2.05) is 36.5 Å². The number of carbonyl (C=O) groups excluding carboxylic acids is 1. The smallest absolute Gasteiger partial charge is 0.141 e. The molecule has 2 atom stereocenters. The van der Waals surface area contributed by atoms with Crippen LogP contribution in [0.3, 0.4) is 0 Å². The van der Waals surface area contributed by atoms with Gasteiger partial charge < -0.3 is 0 Å². The molecule has 1 fully saturated rings. The van der Waals surface area contributed by atoms with Gasteiger partial charge in [0.15, 0.2) is 0 Å². The van der Waals surface area contributed by atoms with Crippen molar-refractivity contribution in [1.29, 1.82) is 0 Å². The second-order valence-corrected chi connectivity index (χ2v) is 9.74. The van der Waals surface area contributed by atoms with Crippen molar-refractivity contribution in [3.05, 3.63) is 107 Å². The number of Topliss-reactive ketones (excluding diaryl/α,β-unsaturated/α-hetero) is 1. The number of carbonyl (C=O) groups is 1. The van der Waals surface area contributed by atoms with Gasteiger partial charge in [-0.1, -0.05) is 84.8 Å². The van der Waals surface area contributed by atoms with E-state index in [1.54, 1.807) is 5.57 Å². The van der Waals surface area contributed by atoms with Crippen LogP contribution in [0.4, 0.5) is 0 Å². The monoisotopic (exact) mass is 435 g/mol. The number of hydrogen-bond donors (Lipinski definition) is 0. The van der Waals surface area contributed by atoms with Gasteiger partial charge in [0.05, 0.1) is 5.71 Å². The van der Waals surface area contributed by atoms with E-state index in [0.29, 0.717) is 24.7 Å². The molecule has 0 saturated heterocycles. The molecule has 2 aromatic carbocycles. The van der Waals surface area contributed by atoms with Crippen LogP contribution in [0.5, 0.6) is 0 Å². The van der Waals surface area contributed by atoms with Crippen LogP contribution in [-0.2, 0) is 17.6 Å². The average molecular weight is 436 g/mol. The molecular weight excluding hydrogens is 402 g/mol. The van der Waals surface area contributed by atoms with Crippen LogP contribution in [0.1, 0.15) is 67.6 Å². The molecule has 1 aliphatic heterocycles. The Morgan fingerprint density at radius 2 is 1.73 bits per heavy atom. The van der Waals surface area contributed by atoms with Gasteiger partial charge in [0.1, 0.15) is 5.78 Å². The number of aliphatic imine (C=N–C) groups is 1. The number of ketones is 1. The van der Waals surface area contributed by atoms with Gasteiger partial charge in [-0.15, -0.1) is 0 Å². The first-order valence-corrected chi connectivity index (χ1v) is 12.5. The van der Waals surface area contributed by atoms with E-state index in [-0.39, 0.29) is 5.78 Å². The van der Waals surface area contributed by atoms with Gasteiger partial charge in [-0.3, -0.25) is 9.79 Å². The highest BCUT2D eigenvalue weighted by molar-refractivity contribution is 6.05. The zero-order valence-electron chi connectivity index (χ0n) is 19.4. The summed E-state index contributed by atoms with van der Waals surface area (Å²) in [5.41, 5.74) is 7.92. The molecule has 0 bridgehead atoms. The first-order chi connectivity index (χ1) is 16.3. The maximum atomic E-state index is 12.7. The topological polar surface area (TPSA) is 29.4 Å². The van der Waals surface area contributed by atoms with Gasteiger partial charge in [0.2, 0.25) is 0 Å². The van der Waals surface area contributed by atoms with Crippen molar-refractivity contribution in [2.75, 3.05) is 0 Å². The fourth-order valence-corrected chi connectivity index (χ4v) is 5.72. The SMILES string of the molecule is O=C(Cc1ccccc1)Cc1cccc([C@@H]2CCCC(C3=NC=CCC4=C3C=CCC4)C2)c1. The molecule has 0 aromatic heterocycles. The van der Waals surface area contributed by atoms with E-state index in [1.165, 1.54) is 42.5 Å². The zero-order valence-corrected chi connectivity index (χ0v) is 19.4. The number of hydrogen-bond acceptors (Lipinski definition) is 2. The lowest BCUT2D eigenvalue weighted by Crippen LogP contribution is -2.24. The molecule has 168 valence electrons. The summed E-state index contributed by atoms with van der Waals surface area (Å²) in [7, 11) is 0. The summed E-state index contributed by atoms with van der Waals surface area (Å²) in [4.78, 5) is 17.6. The molecule has 33 heavy (non-hydrogen) atoms. The molecule has 1 saturated carbocycles. The van der Waals surface area contributed by atoms with Crippen LogP contribution in [-0.4, -0.2) is 11.5 Å². The number of nitrogens with zero attached hydrogens (tertiary/aromatic N) is 1. The molecule has 0 radical (unpaired) electrons. The standard InChI is InChI=1S/C31H33NO/c33-29(20-23-9-2-1-3-10-23)21-24-11-6-13-26(19-24)27-14-7-15-28(22-27)31-30-17-5-4-12-25(30)16-8-18-32-31/h1-3,5-6,8-11,13,17-19,27-28H,4,7,12,14-16,20-22H2/t27-,28?/m1/s1. The summed E-state index contributed by atoms with van der Waals surface area (Å²) >= 11 is 0. The van der Waals surface area contributed by atoms with Crippen molar-refractivity contribution in [1.82, 2.24) is 0 Å². The Morgan fingerprint density at radius 3 is 2.64 bits per heavy atom. The molecule has 1 unspecified atom stereocenters. The second-order valence-electron chi connectivity index (χ2n) is 9.74. The molecule has 0 spiro atoms. The maximum Gasteiger partial charge on any atom is 0.141 e. The molecule has 2 aliphatic carbocycles. The van der Waals surface area contributed by atoms with Crippen molar-refractivity contribution in [2.24, 2.45) is 10.9 Å². The van der Waals surface area contributed by atoms with E-state index in [9.17, 15) is 4.79 Å². The zero-order chi connectivity index (χ0) is 22.5. The summed E-state index contributed by atoms with van der Waals surface area (Å²) < 4.78 is 0. The number of benzene rings is 2. The summed E-state index contributed by atoms with van der Waals surface area (Å²) in [6.07, 6.45) is 18.1. The molecule has 2 aromatic rings. The lowest BCUT2D eigenvalue weighted by atomic mass is 9.73. The van der Waals surface area contributed by atoms with Crippen molar-refractivity contribution in [3.63, 3.8) is 0 Å². The van der Waals surface area contributed by atoms with Gasteiger partial charge >= 0.3 is 0 Å². The number of rotatable bonds is 6. The van der Waals surface area contributed by atoms with Crippen LogP contribution < -0.4 is 0 Å². The normalized spacial score (nSPS) is 22.5. The van der Waals surface area contributed by atoms with Crippen LogP contribution in [0.25, 0.3) is 0 Å². The predicted molar refractivity (Wildman–Crippen MR) is 137 cm³/mol. The largest absolute Gasteiger partial charge is 0.299 e. The van der Waals surface area contributed by atoms with Crippen molar-refractivity contribution < 1.29 is 4.79 Å². The molecule has 0 N–H and O–H groups in total. The molecular formula is C31H33NO. The van der Waals surface area contributed by atoms with E-state index >= 15 is 0 Å². The highest BCUT2D eigenvalue weighted by Crippen LogP contribution is 2.40. The van der Waals surface area contributed by atoms with Crippen LogP contribution in [0.2, 0.25) is 0 Å². The molecule has 2 heteroatoms. The van der Waals surface area contributed by atoms with Crippen LogP contribution >= 0.6 is 0 Å². The molecule has 5 rings (SSSR count). The highest BCUT2D eigenvalue weighted by Gasteiger charge is 2.29. The highest BCUT2D eigenvalue weighted by atomic mass is 16.1. The van der Waals surface area contributed by atoms with E-state index in [4.69, 9.17) is 4.99 Å². The Bertz CT molecular complexity index is 1120. The van der Waals surface area contributed by atoms with Gasteiger partial charge in [-0.25, -0.2) is 0 Å². The molecule has 0 amide bonds. The summed E-state index contributed by atoms with van der Waals surface area (Å²) in [5.74, 6) is 1.34. The van der Waals surface area contributed by atoms with E-state index in [0.717, 1.165) is 30.4 Å². The lowest BCUT2D eigenvalue weighted by molar-refractivity contribution is -0.117. The van der Waals surface area contributed by atoms with Crippen LogP contribution in [0.15, 0.2) is 95.2 Å². The Balaban J connectivity index is 1.29. The first kappa shape index (κ1) is 21.8. The lowest BCUT2D eigenvalue weighted by Gasteiger charge is -2.32. The Kier molecular flexibility index (Phi) is 6.81. The second kappa shape index (κ2) is 10.3. The predicted octanol–water partition coefficient (Wildman–Crippen LogP) is 7.32. The van der Waals surface area contributed by atoms with Gasteiger partial charge in [-0.2, -0.15) is 0 Å². The quantitative estimate of drug-likeness (QED) is 0.467. The third-order valence-electron chi connectivity index (χ3n) is 7.37. The third-order valence-corrected chi connectivity index (χ3v) is 7.37. The van der Waals surface area contributed by atoms with E-state index in [2.05, 4.69) is 42.5 Å². The van der Waals surface area contributed by atoms with Crippen molar-refractivity contribution in [3.8, 4) is 0 Å². The Morgan fingerprint density at radius 1 is 0.909 bits per heavy atom. The third kappa shape index (κ3) is 5.33. The maximum absolute atomic E-state index is 12.7. The first-order valence-electron chi connectivity index (χ1n) is 12.5. The van der Waals surface area contributed by atoms with Gasteiger partial charge in [-0.05, 0) is 66.7 Å². The summed E-state index contributed by atoms with van der Waals surface area (Å²) in [6, 6.07) is 18.9. The fourth-order valence-electron chi connectivity index (χ4n) is 5.72. The Hall–Kier alpha value is -3.00. The summed E-state index contributed by atoms with van der Waals surface area (Å²) in [5, 5.41) is 0. The Labute approximate surface area is 197 Å². The molecule has 1 heterocycles. The molecule has 3 aliphatic rings. The minimum absolute atomic E-state index is 0.281. The van der Waals surface area contributed by atoms with Crippen molar-refractivity contribution >= 4 is 11.5 Å². The minimum Gasteiger partial charge on any atom is -0.299 e. The molecule has 2 nitrogen and oxygen atoms in total. The minimum atomic E-state index is 0.281. The van der Waals surface area contributed by atoms with Gasteiger partial charge in [0.25, 0.3) is 0 Å². The van der Waals surface area contributed by atoms with Gasteiger partial charge in [0, 0.05) is 25.0 Å². The van der Waals surface area contributed by atoms with Crippen molar-refractivity contribution in [2.45, 2.75) is 63.7 Å². The van der Waals surface area contributed by atoms with E-state index < -0.39 is 0 Å². The fraction of sp³-hybridized carbons (Fsp3) is 0.355. The average Bonchev–Trinajstić information content (AvgIpc) is 3.07.